The molecule has 1 aromatic heterocycles. The minimum Gasteiger partial charge on any atom is -0.361 e. The summed E-state index contributed by atoms with van der Waals surface area (Å²) >= 11 is 0. The van der Waals surface area contributed by atoms with E-state index in [1.165, 1.54) is 6.92 Å². The minimum absolute atomic E-state index is 0.0323. The fourth-order valence-electron chi connectivity index (χ4n) is 3.61. The molecule has 1 atom stereocenters. The first-order valence-electron chi connectivity index (χ1n) is 9.11. The molecule has 1 unspecified atom stereocenters. The lowest BCUT2D eigenvalue weighted by Crippen LogP contribution is -2.51. The Balaban J connectivity index is 1.59. The number of carbonyl (C=O) groups excluding carboxylic acids is 3. The molecule has 0 fully saturated rings. The summed E-state index contributed by atoms with van der Waals surface area (Å²) in [6.07, 6.45) is 2.61. The van der Waals surface area contributed by atoms with Crippen LogP contribution in [0.4, 0.5) is 0 Å². The van der Waals surface area contributed by atoms with Gasteiger partial charge in [-0.1, -0.05) is 42.5 Å². The van der Waals surface area contributed by atoms with E-state index in [2.05, 4.69) is 15.3 Å². The van der Waals surface area contributed by atoms with Crippen LogP contribution in [0.3, 0.4) is 0 Å². The first-order chi connectivity index (χ1) is 13.6. The van der Waals surface area contributed by atoms with Crippen molar-refractivity contribution in [2.75, 3.05) is 6.54 Å². The van der Waals surface area contributed by atoms with Gasteiger partial charge in [-0.2, -0.15) is 0 Å². The van der Waals surface area contributed by atoms with E-state index in [9.17, 15) is 14.4 Å². The molecule has 6 nitrogen and oxygen atoms in total. The Morgan fingerprint density at radius 1 is 1.07 bits per heavy atom. The van der Waals surface area contributed by atoms with Crippen LogP contribution in [-0.4, -0.2) is 40.8 Å². The van der Waals surface area contributed by atoms with E-state index in [0.29, 0.717) is 24.1 Å². The molecule has 1 aliphatic rings. The largest absolute Gasteiger partial charge is 0.361 e. The highest BCUT2D eigenvalue weighted by Crippen LogP contribution is 2.21. The van der Waals surface area contributed by atoms with Crippen molar-refractivity contribution in [2.24, 2.45) is 4.99 Å². The summed E-state index contributed by atoms with van der Waals surface area (Å²) in [5.74, 6) is -1.12. The third-order valence-electron chi connectivity index (χ3n) is 4.90. The smallest absolute Gasteiger partial charge is 0.242 e. The number of Topliss-reactive ketones (excluding diaryl/α,β-unsaturated/α-hetero) is 2. The molecule has 1 aliphatic carbocycles. The number of hydrogen-bond acceptors (Lipinski definition) is 4. The van der Waals surface area contributed by atoms with Crippen molar-refractivity contribution in [2.45, 2.75) is 19.4 Å². The molecule has 28 heavy (non-hydrogen) atoms. The van der Waals surface area contributed by atoms with Crippen molar-refractivity contribution < 1.29 is 14.4 Å². The number of nitrogens with one attached hydrogen (secondary N) is 2. The quantitative estimate of drug-likeness (QED) is 0.736. The molecule has 140 valence electrons. The average Bonchev–Trinajstić information content (AvgIpc) is 3.11. The van der Waals surface area contributed by atoms with Gasteiger partial charge in [-0.3, -0.25) is 14.4 Å². The number of hydrogen-bond donors (Lipinski definition) is 2. The van der Waals surface area contributed by atoms with Crippen LogP contribution in [0.15, 0.2) is 59.7 Å². The molecule has 2 aromatic carbocycles. The van der Waals surface area contributed by atoms with E-state index in [0.717, 1.165) is 16.5 Å². The Labute approximate surface area is 161 Å². The summed E-state index contributed by atoms with van der Waals surface area (Å²) in [7, 11) is 0. The predicted molar refractivity (Wildman–Crippen MR) is 107 cm³/mol. The van der Waals surface area contributed by atoms with Crippen LogP contribution >= 0.6 is 0 Å². The number of para-hydroxylation sites is 1. The van der Waals surface area contributed by atoms with Gasteiger partial charge in [0.2, 0.25) is 11.7 Å². The summed E-state index contributed by atoms with van der Waals surface area (Å²) in [6, 6.07) is 13.7. The number of benzene rings is 2. The van der Waals surface area contributed by atoms with Gasteiger partial charge in [-0.05, 0) is 18.1 Å². The van der Waals surface area contributed by atoms with Gasteiger partial charge in [-0.25, -0.2) is 4.99 Å². The van der Waals surface area contributed by atoms with Crippen LogP contribution in [-0.2, 0) is 11.2 Å². The van der Waals surface area contributed by atoms with Crippen molar-refractivity contribution in [1.29, 1.82) is 0 Å². The number of H-pyrrole nitrogens is 1. The number of fused-ring (bicyclic) bond motifs is 2. The third-order valence-corrected chi connectivity index (χ3v) is 4.90. The lowest BCUT2D eigenvalue weighted by Gasteiger charge is -2.24. The second kappa shape index (κ2) is 7.32. The van der Waals surface area contributed by atoms with Gasteiger partial charge in [0, 0.05) is 41.7 Å². The molecule has 0 saturated heterocycles. The third kappa shape index (κ3) is 3.18. The topological polar surface area (TPSA) is 91.4 Å². The van der Waals surface area contributed by atoms with Crippen LogP contribution < -0.4 is 5.32 Å². The normalized spacial score (nSPS) is 17.9. The molecule has 0 radical (unpaired) electrons. The first kappa shape index (κ1) is 18.0. The molecule has 4 rings (SSSR count). The van der Waals surface area contributed by atoms with Gasteiger partial charge < -0.3 is 10.3 Å². The van der Waals surface area contributed by atoms with Gasteiger partial charge in [0.15, 0.2) is 5.78 Å². The number of carbonyl (C=O) groups is 3. The Morgan fingerprint density at radius 2 is 1.79 bits per heavy atom. The zero-order valence-electron chi connectivity index (χ0n) is 15.4. The van der Waals surface area contributed by atoms with Gasteiger partial charge in [0.25, 0.3) is 0 Å². The van der Waals surface area contributed by atoms with Crippen molar-refractivity contribution in [3.05, 3.63) is 71.4 Å². The van der Waals surface area contributed by atoms with E-state index in [1.807, 2.05) is 30.5 Å². The first-order valence-corrected chi connectivity index (χ1v) is 9.11. The van der Waals surface area contributed by atoms with Crippen LogP contribution in [0.2, 0.25) is 0 Å². The maximum atomic E-state index is 12.9. The highest BCUT2D eigenvalue weighted by Gasteiger charge is 2.38. The van der Waals surface area contributed by atoms with Gasteiger partial charge in [-0.15, -0.1) is 0 Å². The van der Waals surface area contributed by atoms with Crippen molar-refractivity contribution in [1.82, 2.24) is 10.3 Å². The van der Waals surface area contributed by atoms with E-state index in [-0.39, 0.29) is 17.3 Å². The van der Waals surface area contributed by atoms with Crippen molar-refractivity contribution in [3.63, 3.8) is 0 Å². The zero-order chi connectivity index (χ0) is 19.7. The molecule has 3 aromatic rings. The van der Waals surface area contributed by atoms with Crippen LogP contribution in [0.5, 0.6) is 0 Å². The van der Waals surface area contributed by atoms with Crippen molar-refractivity contribution in [3.8, 4) is 0 Å². The minimum atomic E-state index is -0.920. The number of nitrogens with zero attached hydrogens (tertiary/aromatic N) is 1. The molecule has 1 heterocycles. The molecule has 2 N–H and O–H groups in total. The number of aromatic nitrogens is 1. The highest BCUT2D eigenvalue weighted by molar-refractivity contribution is 6.56. The Kier molecular flexibility index (Phi) is 4.71. The summed E-state index contributed by atoms with van der Waals surface area (Å²) in [4.78, 5) is 44.4. The molecular formula is C22H19N3O3. The van der Waals surface area contributed by atoms with Crippen LogP contribution in [0.1, 0.15) is 33.2 Å². The summed E-state index contributed by atoms with van der Waals surface area (Å²) in [5.41, 5.74) is 2.79. The Hall–Kier alpha value is -3.38. The van der Waals surface area contributed by atoms with Gasteiger partial charge in [0.1, 0.15) is 11.8 Å². The highest BCUT2D eigenvalue weighted by atomic mass is 16.2. The maximum Gasteiger partial charge on any atom is 0.242 e. The number of amides is 1. The molecule has 0 saturated carbocycles. The number of aromatic amines is 1. The van der Waals surface area contributed by atoms with Gasteiger partial charge in [0.05, 0.1) is 0 Å². The number of rotatable bonds is 4. The molecule has 1 amide bonds. The van der Waals surface area contributed by atoms with Crippen molar-refractivity contribution >= 4 is 34.1 Å². The molecule has 0 bridgehead atoms. The molecule has 0 aliphatic heterocycles. The second-order valence-corrected chi connectivity index (χ2v) is 6.75. The molecule has 0 spiro atoms. The van der Waals surface area contributed by atoms with Gasteiger partial charge >= 0.3 is 0 Å². The maximum absolute atomic E-state index is 12.9. The summed E-state index contributed by atoms with van der Waals surface area (Å²) in [6.45, 7) is 1.74. The second-order valence-electron chi connectivity index (χ2n) is 6.75. The van der Waals surface area contributed by atoms with E-state index < -0.39 is 11.9 Å². The predicted octanol–water partition coefficient (Wildman–Crippen LogP) is 2.74. The van der Waals surface area contributed by atoms with Crippen LogP contribution in [0.25, 0.3) is 10.9 Å². The zero-order valence-corrected chi connectivity index (χ0v) is 15.4. The lowest BCUT2D eigenvalue weighted by molar-refractivity contribution is -0.115. The van der Waals surface area contributed by atoms with Crippen LogP contribution in [0, 0.1) is 0 Å². The standard InChI is InChI=1S/C22H19N3O3/c1-13(26)25-20-19(21(27)16-7-2-3-8-17(16)22(20)28)23-11-10-14-12-24-18-9-5-4-6-15(14)18/h2-9,12,19,23-24H,10-11H2,1H3. The average molecular weight is 373 g/mol. The SMILES string of the molecule is CC(=O)N=C1C(=O)c2ccccc2C(=O)C1NCCc1c[nH]c2ccccc12. The van der Waals surface area contributed by atoms with E-state index in [1.54, 1.807) is 24.3 Å². The van der Waals surface area contributed by atoms with E-state index in [4.69, 9.17) is 0 Å². The monoisotopic (exact) mass is 373 g/mol. The fraction of sp³-hybridized carbons (Fsp3) is 0.182. The summed E-state index contributed by atoms with van der Waals surface area (Å²) < 4.78 is 0. The molecule has 6 heteroatoms. The lowest BCUT2D eigenvalue weighted by atomic mass is 9.84. The fourth-order valence-corrected chi connectivity index (χ4v) is 3.61. The summed E-state index contributed by atoms with van der Waals surface area (Å²) in [5, 5.41) is 4.26. The Bertz CT molecular complexity index is 1130. The number of ketones is 2. The number of aliphatic imine (C=N–C) groups is 1. The Morgan fingerprint density at radius 3 is 2.57 bits per heavy atom. The van der Waals surface area contributed by atoms with E-state index >= 15 is 0 Å². The molecular weight excluding hydrogens is 354 g/mol.